The van der Waals surface area contributed by atoms with Crippen LogP contribution in [0.5, 0.6) is 0 Å². The zero-order valence-corrected chi connectivity index (χ0v) is 21.6. The standard InChI is InChI=1S/2Nd.3O5P2/c;;3*1-6(2)5-7(3)4/q2*+3;;;. The summed E-state index contributed by atoms with van der Waals surface area (Å²) >= 11 is 0. The summed E-state index contributed by atoms with van der Waals surface area (Å²) in [6.07, 6.45) is 0. The van der Waals surface area contributed by atoms with Gasteiger partial charge in [-0.2, -0.15) is 0 Å². The summed E-state index contributed by atoms with van der Waals surface area (Å²) in [6.45, 7) is 0. The summed E-state index contributed by atoms with van der Waals surface area (Å²) in [6, 6.07) is 0. The van der Waals surface area contributed by atoms with Crippen LogP contribution in [0.2, 0.25) is 0 Å². The average molecular weight is 714 g/mol. The molecule has 0 aromatic carbocycles. The fraction of sp³-hybridized carbons (Fsp3) is 0. The maximum Gasteiger partial charge on any atom is 3.00 e. The van der Waals surface area contributed by atoms with E-state index in [1.165, 1.54) is 0 Å². The summed E-state index contributed by atoms with van der Waals surface area (Å²) in [5.74, 6) is 0. The predicted octanol–water partition coefficient (Wildman–Crippen LogP) is -2.88. The molecule has 0 aromatic heterocycles. The van der Waals surface area contributed by atoms with Crippen molar-refractivity contribution < 1.29 is 151 Å². The maximum absolute atomic E-state index is 9.24. The zero-order valence-electron chi connectivity index (χ0n) is 9.81. The molecule has 23 heavy (non-hydrogen) atoms. The van der Waals surface area contributed by atoms with Crippen molar-refractivity contribution in [3.8, 4) is 0 Å². The molecule has 0 aliphatic carbocycles. The second-order valence-corrected chi connectivity index (χ2v) is 6.23. The Morgan fingerprint density at radius 3 is 0.478 bits per heavy atom. The molecule has 23 heteroatoms. The summed E-state index contributed by atoms with van der Waals surface area (Å²) in [5.41, 5.74) is 0. The van der Waals surface area contributed by atoms with Crippen LogP contribution in [0.3, 0.4) is 0 Å². The van der Waals surface area contributed by atoms with Crippen molar-refractivity contribution >= 4 is 49.5 Å². The van der Waals surface area contributed by atoms with E-state index in [-0.39, 0.29) is 81.7 Å². The number of rotatable bonds is 6. The van der Waals surface area contributed by atoms with Gasteiger partial charge in [-0.25, -0.2) is 0 Å². The van der Waals surface area contributed by atoms with Gasteiger partial charge >= 0.3 is 131 Å². The first kappa shape index (κ1) is 36.8. The summed E-state index contributed by atoms with van der Waals surface area (Å²) in [5, 5.41) is 0. The second-order valence-electron chi connectivity index (χ2n) is 1.59. The van der Waals surface area contributed by atoms with Gasteiger partial charge in [0.15, 0.2) is 0 Å². The quantitative estimate of drug-likeness (QED) is 0.250. The first-order valence-corrected chi connectivity index (χ1v) is 9.86. The van der Waals surface area contributed by atoms with Gasteiger partial charge in [0.25, 0.3) is 0 Å². The zero-order chi connectivity index (χ0) is 17.6. The van der Waals surface area contributed by atoms with Crippen molar-refractivity contribution in [2.75, 3.05) is 0 Å². The number of hydrogen-bond donors (Lipinski definition) is 0. The summed E-state index contributed by atoms with van der Waals surface area (Å²) in [4.78, 5) is 55.4. The van der Waals surface area contributed by atoms with Gasteiger partial charge in [0.1, 0.15) is 12.9 Å². The van der Waals surface area contributed by atoms with E-state index in [4.69, 9.17) is 0 Å². The van der Waals surface area contributed by atoms with Crippen molar-refractivity contribution in [3.63, 3.8) is 0 Å². The third-order valence-corrected chi connectivity index (χ3v) is 3.60. The van der Waals surface area contributed by atoms with Crippen LogP contribution in [-0.4, -0.2) is 0 Å². The van der Waals surface area contributed by atoms with E-state index in [2.05, 4.69) is 12.9 Å². The van der Waals surface area contributed by atoms with E-state index in [0.29, 0.717) is 0 Å². The second kappa shape index (κ2) is 24.9. The van der Waals surface area contributed by atoms with Crippen LogP contribution in [-0.2, 0) is 40.3 Å². The first-order chi connectivity index (χ1) is 9.38. The molecule has 0 spiro atoms. The Morgan fingerprint density at radius 1 is 0.391 bits per heavy atom. The van der Waals surface area contributed by atoms with Crippen LogP contribution in [0.1, 0.15) is 0 Å². The molecule has 0 aromatic rings. The van der Waals surface area contributed by atoms with Crippen LogP contribution in [0.25, 0.3) is 0 Å². The van der Waals surface area contributed by atoms with Crippen molar-refractivity contribution in [1.29, 1.82) is 0 Å². The van der Waals surface area contributed by atoms with E-state index in [9.17, 15) is 56.8 Å². The minimum Gasteiger partial charge on any atom is -0.563 e. The van der Waals surface area contributed by atoms with Gasteiger partial charge in [-0.15, -0.1) is 0 Å². The van der Waals surface area contributed by atoms with E-state index in [1.54, 1.807) is 0 Å². The van der Waals surface area contributed by atoms with Gasteiger partial charge in [0.2, 0.25) is 0 Å². The van der Waals surface area contributed by atoms with Crippen LogP contribution in [0, 0.1) is 81.7 Å². The van der Waals surface area contributed by atoms with Crippen molar-refractivity contribution in [2.45, 2.75) is 0 Å². The van der Waals surface area contributed by atoms with Crippen LogP contribution < -0.4 is 29.4 Å². The molecule has 0 saturated carbocycles. The molecule has 0 aliphatic rings. The third-order valence-electron chi connectivity index (χ3n) is 0.400. The van der Waals surface area contributed by atoms with E-state index >= 15 is 0 Å². The van der Waals surface area contributed by atoms with Crippen LogP contribution in [0.15, 0.2) is 0 Å². The Morgan fingerprint density at radius 2 is 0.478 bits per heavy atom. The molecular weight excluding hydrogens is 714 g/mol. The van der Waals surface area contributed by atoms with Crippen LogP contribution >= 0.6 is 49.5 Å². The summed E-state index contributed by atoms with van der Waals surface area (Å²) < 4.78 is 64.9. The predicted molar refractivity (Wildman–Crippen MR) is 48.9 cm³/mol. The van der Waals surface area contributed by atoms with Crippen molar-refractivity contribution in [1.82, 2.24) is 0 Å². The molecule has 0 saturated heterocycles. The van der Waals surface area contributed by atoms with Gasteiger partial charge in [0, 0.05) is 0 Å². The molecule has 0 fully saturated rings. The average Bonchev–Trinajstić information content (AvgIpc) is 2.10. The molecule has 0 aliphatic heterocycles. The molecule has 0 rings (SSSR count). The molecule has 122 valence electrons. The first-order valence-electron chi connectivity index (χ1n) is 3.29. The van der Waals surface area contributed by atoms with E-state index in [0.717, 1.165) is 0 Å². The largest absolute Gasteiger partial charge is 3.00 e. The Balaban J connectivity index is -0.0000000675. The molecule has 0 bridgehead atoms. The minimum atomic E-state index is -3.24. The molecule has 0 amide bonds. The Labute approximate surface area is 198 Å². The van der Waals surface area contributed by atoms with Gasteiger partial charge in [-0.05, 0) is 27.4 Å². The van der Waals surface area contributed by atoms with E-state index in [1.807, 2.05) is 0 Å². The molecule has 6 unspecified atom stereocenters. The van der Waals surface area contributed by atoms with Gasteiger partial charge in [-0.3, -0.25) is 0 Å². The molecule has 15 nitrogen and oxygen atoms in total. The fourth-order valence-electron chi connectivity index (χ4n) is 0.163. The van der Waals surface area contributed by atoms with Gasteiger partial charge in [-0.1, -0.05) is 0 Å². The van der Waals surface area contributed by atoms with E-state index < -0.39 is 49.5 Å². The number of hydrogen-bond acceptors (Lipinski definition) is 15. The summed E-state index contributed by atoms with van der Waals surface area (Å²) in [7, 11) is -19.4. The molecule has 0 heterocycles. The smallest absolute Gasteiger partial charge is 0.563 e. The molecule has 0 N–H and O–H groups in total. The minimum absolute atomic E-state index is 0. The Bertz CT molecular complexity index is 318. The Kier molecular flexibility index (Phi) is 39.9. The normalized spacial score (nSPS) is 12.3. The SMILES string of the molecule is O=[P+]([O-])O[P+](=O)[O-].O=[P+]([O-])O[P+](=O)[O-].O=[P+]([O-])O[P+](=O)[O-].[Nd+3].[Nd+3]. The maximum atomic E-state index is 9.24. The van der Waals surface area contributed by atoms with Crippen molar-refractivity contribution in [2.24, 2.45) is 0 Å². The monoisotopic (exact) mass is 710 g/mol. The molecular formula is Nd2O15P6+6. The third kappa shape index (κ3) is 58.8. The van der Waals surface area contributed by atoms with Crippen molar-refractivity contribution in [3.05, 3.63) is 0 Å². The molecule has 6 atom stereocenters. The topological polar surface area (TPSA) is 268 Å². The van der Waals surface area contributed by atoms with Gasteiger partial charge in [0.05, 0.1) is 0 Å². The molecule has 2 radical (unpaired) electrons. The Hall–Kier alpha value is 2.94. The fourth-order valence-corrected chi connectivity index (χ4v) is 1.47. The van der Waals surface area contributed by atoms with Crippen LogP contribution in [0.4, 0.5) is 0 Å². The van der Waals surface area contributed by atoms with Gasteiger partial charge < -0.3 is 29.4 Å².